The molecule has 0 spiro atoms. The van der Waals surface area contributed by atoms with Gasteiger partial charge in [-0.05, 0) is 0 Å². The molecule has 0 aliphatic rings. The van der Waals surface area contributed by atoms with Gasteiger partial charge in [0, 0.05) is 0 Å². The summed E-state index contributed by atoms with van der Waals surface area (Å²) < 4.78 is 7.54. The van der Waals surface area contributed by atoms with E-state index in [1.807, 2.05) is 17.1 Å². The van der Waals surface area contributed by atoms with Gasteiger partial charge >= 0.3 is 155 Å². The Bertz CT molecular complexity index is 682. The Morgan fingerprint density at radius 1 is 0.864 bits per heavy atom. The Labute approximate surface area is 153 Å². The van der Waals surface area contributed by atoms with E-state index in [0.717, 1.165) is 7.16 Å². The van der Waals surface area contributed by atoms with Crippen molar-refractivity contribution in [1.29, 1.82) is 0 Å². The third kappa shape index (κ3) is 3.85. The first-order chi connectivity index (χ1) is 10.2. The summed E-state index contributed by atoms with van der Waals surface area (Å²) >= 11 is 20.5. The van der Waals surface area contributed by atoms with Crippen LogP contribution < -0.4 is 7.16 Å². The summed E-state index contributed by atoms with van der Waals surface area (Å²) in [6.45, 7) is 1.39. The van der Waals surface area contributed by atoms with Crippen molar-refractivity contribution in [3.05, 3.63) is 56.5 Å². The first-order valence-corrected chi connectivity index (χ1v) is 14.7. The molecule has 2 aromatic rings. The number of hydrogen-bond donors (Lipinski definition) is 0. The van der Waals surface area contributed by atoms with Gasteiger partial charge in [0.05, 0.1) is 0 Å². The van der Waals surface area contributed by atoms with E-state index in [-0.39, 0.29) is 5.97 Å². The SMILES string of the molecule is CC(=O)[O][Sn]([CH3])([c]1ccc(Cl)c(Cl)c1)[c]1ccc(Cl)c(Cl)c1. The van der Waals surface area contributed by atoms with Crippen LogP contribution in [0.3, 0.4) is 0 Å². The first-order valence-electron chi connectivity index (χ1n) is 6.34. The standard InChI is InChI=1S/2C6H3Cl2.C2H4O2.CH3.Sn/c2*7-5-3-1-2-4-6(5)8;1-2(3)4;;/h2*1,3-4H;1H3,(H,3,4);1H3;/q;;;;+1/p-1. The summed E-state index contributed by atoms with van der Waals surface area (Å²) in [6.07, 6.45) is 0. The van der Waals surface area contributed by atoms with Crippen molar-refractivity contribution in [2.45, 2.75) is 11.9 Å². The molecule has 0 amide bonds. The van der Waals surface area contributed by atoms with Crippen LogP contribution in [0.1, 0.15) is 6.92 Å². The molecule has 0 unspecified atom stereocenters. The van der Waals surface area contributed by atoms with Gasteiger partial charge in [-0.25, -0.2) is 0 Å². The quantitative estimate of drug-likeness (QED) is 0.598. The summed E-state index contributed by atoms with van der Waals surface area (Å²) in [4.78, 5) is 13.6. The van der Waals surface area contributed by atoms with E-state index in [0.29, 0.717) is 20.1 Å². The zero-order chi connectivity index (χ0) is 16.5. The number of rotatable bonds is 3. The van der Waals surface area contributed by atoms with E-state index in [9.17, 15) is 4.79 Å². The van der Waals surface area contributed by atoms with Crippen molar-refractivity contribution in [3.8, 4) is 0 Å². The molecule has 7 heteroatoms. The summed E-state index contributed by atoms with van der Waals surface area (Å²) in [5.41, 5.74) is 0. The molecule has 0 radical (unpaired) electrons. The predicted octanol–water partition coefficient (Wildman–Crippen LogP) is 4.55. The van der Waals surface area contributed by atoms with Crippen molar-refractivity contribution in [3.63, 3.8) is 0 Å². The monoisotopic (exact) mass is 484 g/mol. The van der Waals surface area contributed by atoms with Crippen LogP contribution in [0.4, 0.5) is 0 Å². The Kier molecular flexibility index (Phi) is 5.94. The first kappa shape index (κ1) is 18.2. The van der Waals surface area contributed by atoms with Crippen LogP contribution in [-0.4, -0.2) is 24.8 Å². The van der Waals surface area contributed by atoms with Gasteiger partial charge in [0.2, 0.25) is 0 Å². The second-order valence-corrected chi connectivity index (χ2v) is 16.3. The molecule has 2 nitrogen and oxygen atoms in total. The van der Waals surface area contributed by atoms with Crippen molar-refractivity contribution >= 4 is 78.3 Å². The Morgan fingerprint density at radius 2 is 1.27 bits per heavy atom. The third-order valence-corrected chi connectivity index (χ3v) is 14.8. The van der Waals surface area contributed by atoms with Gasteiger partial charge in [-0.1, -0.05) is 0 Å². The number of halogens is 4. The predicted molar refractivity (Wildman–Crippen MR) is 95.6 cm³/mol. The summed E-state index contributed by atoms with van der Waals surface area (Å²) in [5, 5.41) is 1.76. The zero-order valence-electron chi connectivity index (χ0n) is 11.8. The molecule has 0 saturated heterocycles. The normalized spacial score (nSPS) is 11.4. The molecule has 0 aliphatic heterocycles. The van der Waals surface area contributed by atoms with E-state index in [1.165, 1.54) is 6.92 Å². The van der Waals surface area contributed by atoms with E-state index in [2.05, 4.69) is 0 Å². The average molecular weight is 485 g/mol. The van der Waals surface area contributed by atoms with Gasteiger partial charge in [-0.2, -0.15) is 0 Å². The summed E-state index contributed by atoms with van der Waals surface area (Å²) in [5.74, 6) is -0.338. The molecule has 0 N–H and O–H groups in total. The molecule has 0 atom stereocenters. The van der Waals surface area contributed by atoms with E-state index >= 15 is 0 Å². The average Bonchev–Trinajstić information content (AvgIpc) is 2.43. The van der Waals surface area contributed by atoms with Gasteiger partial charge in [0.15, 0.2) is 0 Å². The van der Waals surface area contributed by atoms with Crippen molar-refractivity contribution in [2.24, 2.45) is 0 Å². The van der Waals surface area contributed by atoms with E-state index < -0.39 is 18.8 Å². The molecule has 116 valence electrons. The van der Waals surface area contributed by atoms with Gasteiger partial charge < -0.3 is 0 Å². The fraction of sp³-hybridized carbons (Fsp3) is 0.133. The van der Waals surface area contributed by atoms with Gasteiger partial charge in [-0.15, -0.1) is 0 Å². The van der Waals surface area contributed by atoms with Crippen molar-refractivity contribution in [1.82, 2.24) is 0 Å². The Morgan fingerprint density at radius 3 is 1.59 bits per heavy atom. The van der Waals surface area contributed by atoms with Crippen LogP contribution in [0.15, 0.2) is 36.4 Å². The van der Waals surface area contributed by atoms with E-state index in [4.69, 9.17) is 49.5 Å². The number of benzene rings is 2. The third-order valence-electron chi connectivity index (χ3n) is 3.29. The van der Waals surface area contributed by atoms with Crippen LogP contribution in [0.25, 0.3) is 0 Å². The fourth-order valence-electron chi connectivity index (χ4n) is 2.16. The number of hydrogen-bond acceptors (Lipinski definition) is 2. The molecule has 0 bridgehead atoms. The molecular weight excluding hydrogens is 473 g/mol. The molecule has 0 aliphatic carbocycles. The minimum atomic E-state index is -3.70. The van der Waals surface area contributed by atoms with Crippen LogP contribution in [0.2, 0.25) is 25.0 Å². The molecule has 0 saturated carbocycles. The molecule has 2 rings (SSSR count). The van der Waals surface area contributed by atoms with Gasteiger partial charge in [0.25, 0.3) is 0 Å². The molecule has 22 heavy (non-hydrogen) atoms. The Balaban J connectivity index is 2.62. The molecule has 0 fully saturated rings. The molecule has 2 aromatic carbocycles. The fourth-order valence-corrected chi connectivity index (χ4v) is 11.2. The topological polar surface area (TPSA) is 26.3 Å². The van der Waals surface area contributed by atoms with Crippen LogP contribution >= 0.6 is 46.4 Å². The van der Waals surface area contributed by atoms with Crippen LogP contribution in [0.5, 0.6) is 0 Å². The summed E-state index contributed by atoms with van der Waals surface area (Å²) in [6, 6.07) is 10.6. The number of carbonyl (C=O) groups excluding carboxylic acids is 1. The van der Waals surface area contributed by atoms with Crippen LogP contribution in [-0.2, 0) is 7.87 Å². The zero-order valence-corrected chi connectivity index (χ0v) is 17.7. The number of carbonyl (C=O) groups is 1. The Hall–Kier alpha value is -0.131. The van der Waals surface area contributed by atoms with Gasteiger partial charge in [0.1, 0.15) is 0 Å². The molecule has 0 heterocycles. The van der Waals surface area contributed by atoms with Crippen molar-refractivity contribution in [2.75, 3.05) is 0 Å². The molecular formula is C15H12Cl4O2Sn. The molecule has 0 aromatic heterocycles. The van der Waals surface area contributed by atoms with E-state index in [1.54, 1.807) is 24.3 Å². The maximum atomic E-state index is 11.6. The second kappa shape index (κ2) is 7.18. The van der Waals surface area contributed by atoms with Crippen LogP contribution in [0, 0.1) is 0 Å². The van der Waals surface area contributed by atoms with Gasteiger partial charge in [-0.3, -0.25) is 0 Å². The second-order valence-electron chi connectivity index (χ2n) is 4.88. The van der Waals surface area contributed by atoms with Crippen molar-refractivity contribution < 1.29 is 7.87 Å². The summed E-state index contributed by atoms with van der Waals surface area (Å²) in [7, 11) is 0. The maximum absolute atomic E-state index is 11.6. The minimum absolute atomic E-state index is 0.338.